The Morgan fingerprint density at radius 3 is 0.833 bits per heavy atom. The third kappa shape index (κ3) is 35.3. The lowest BCUT2D eigenvalue weighted by atomic mass is 9.85. The first-order valence-electron chi connectivity index (χ1n) is 50.8. The number of hydrogen-bond acceptors (Lipinski definition) is 7. The quantitative estimate of drug-likeness (QED) is 0.0733. The Kier molecular flexibility index (Phi) is 40.3. The van der Waals surface area contributed by atoms with Gasteiger partial charge in [-0.3, -0.25) is 9.67 Å². The average Bonchev–Trinajstić information content (AvgIpc) is 1.51. The minimum absolute atomic E-state index is 0.0912. The lowest BCUT2D eigenvalue weighted by Gasteiger charge is -2.20. The van der Waals surface area contributed by atoms with E-state index < -0.39 is 11.7 Å². The third-order valence-corrected chi connectivity index (χ3v) is 25.8. The first-order chi connectivity index (χ1) is 67.5. The van der Waals surface area contributed by atoms with Crippen molar-refractivity contribution in [3.8, 4) is 89.1 Å². The van der Waals surface area contributed by atoms with Crippen molar-refractivity contribution in [3.63, 3.8) is 0 Å². The number of aliphatic hydroxyl groups is 5. The lowest BCUT2D eigenvalue weighted by molar-refractivity contribution is 0.0786. The Morgan fingerprint density at radius 1 is 0.257 bits per heavy atom. The molecule has 0 bridgehead atoms. The van der Waals surface area contributed by atoms with E-state index in [0.29, 0.717) is 0 Å². The molecule has 0 saturated carbocycles. The second-order valence-electron chi connectivity index (χ2n) is 46.4. The highest BCUT2D eigenvalue weighted by Crippen LogP contribution is 2.38. The van der Waals surface area contributed by atoms with Crippen LogP contribution in [0.25, 0.3) is 89.1 Å². The monoisotopic (exact) mass is 1920 g/mol. The maximum absolute atomic E-state index is 12.9. The van der Waals surface area contributed by atoms with Gasteiger partial charge in [0.25, 0.3) is 0 Å². The van der Waals surface area contributed by atoms with Crippen molar-refractivity contribution in [1.29, 1.82) is 0 Å². The molecule has 5 N–H and O–H groups in total. The molecule has 16 aromatic rings. The maximum atomic E-state index is 12.9. The summed E-state index contributed by atoms with van der Waals surface area (Å²) in [4.78, 5) is 4.03. The minimum atomic E-state index is -0.804. The molecule has 0 aliphatic heterocycles. The van der Waals surface area contributed by atoms with Crippen LogP contribution in [0.2, 0.25) is 0 Å². The number of halogens is 1. The van der Waals surface area contributed by atoms with Crippen LogP contribution in [0.1, 0.15) is 285 Å². The molecule has 0 radical (unpaired) electrons. The summed E-state index contributed by atoms with van der Waals surface area (Å²) in [5.41, 5.74) is 34.9. The number of benzene rings is 14. The van der Waals surface area contributed by atoms with Crippen LogP contribution in [0.3, 0.4) is 0 Å². The Bertz CT molecular complexity index is 6610. The maximum Gasteiger partial charge on any atom is 0.123 e. The molecule has 0 spiro atoms. The zero-order valence-electron chi connectivity index (χ0n) is 91.5. The van der Waals surface area contributed by atoms with Crippen molar-refractivity contribution < 1.29 is 29.9 Å². The van der Waals surface area contributed by atoms with Crippen molar-refractivity contribution in [2.75, 3.05) is 0 Å². The van der Waals surface area contributed by atoms with Gasteiger partial charge < -0.3 is 25.5 Å². The molecule has 16 rings (SSSR count). The first kappa shape index (κ1) is 115. The van der Waals surface area contributed by atoms with E-state index in [1.165, 1.54) is 112 Å². The smallest absolute Gasteiger partial charge is 0.123 e. The summed E-state index contributed by atoms with van der Waals surface area (Å²) in [6.07, 6.45) is 5.43. The van der Waals surface area contributed by atoms with Gasteiger partial charge in [0.15, 0.2) is 0 Å². The molecule has 0 saturated heterocycles. The van der Waals surface area contributed by atoms with E-state index >= 15 is 0 Å². The average molecular weight is 1930 g/mol. The molecule has 2 heterocycles. The van der Waals surface area contributed by atoms with E-state index in [4.69, 9.17) is 10.2 Å². The van der Waals surface area contributed by atoms with Crippen LogP contribution >= 0.6 is 0 Å². The van der Waals surface area contributed by atoms with Crippen LogP contribution in [0.4, 0.5) is 4.39 Å². The van der Waals surface area contributed by atoms with E-state index in [1.54, 1.807) is 6.92 Å². The van der Waals surface area contributed by atoms with Crippen LogP contribution in [0.5, 0.6) is 0 Å². The van der Waals surface area contributed by atoms with E-state index in [1.807, 2.05) is 148 Å². The molecule has 9 heteroatoms. The van der Waals surface area contributed by atoms with Crippen LogP contribution in [-0.2, 0) is 69.2 Å². The third-order valence-electron chi connectivity index (χ3n) is 25.8. The summed E-state index contributed by atoms with van der Waals surface area (Å²) >= 11 is 0. The predicted molar refractivity (Wildman–Crippen MR) is 612 cm³/mol. The van der Waals surface area contributed by atoms with Crippen LogP contribution in [-0.4, -0.2) is 40.3 Å². The Hall–Kier alpha value is -12.8. The number of aliphatic hydroxyl groups excluding tert-OH is 4. The van der Waals surface area contributed by atoms with Crippen molar-refractivity contribution >= 4 is 0 Å². The van der Waals surface area contributed by atoms with Gasteiger partial charge in [0, 0.05) is 31.2 Å². The van der Waals surface area contributed by atoms with Gasteiger partial charge in [0.1, 0.15) is 5.82 Å². The van der Waals surface area contributed by atoms with E-state index in [-0.39, 0.29) is 68.5 Å². The van der Waals surface area contributed by atoms with Gasteiger partial charge in [0.05, 0.1) is 36.7 Å². The standard InChI is InChI=1S/2C19H24O.C18H22O.2C17H20O.C16H17F.C15H17N.C14H18N2/c1-18(2,3)16-11-9-14(10-12-16)15-7-6-8-17(13-15)19(4,5)20;1-5-18(20)16-10-6-8-14(12-16)15-9-7-11-17(13-15)19(2,3)4;1-13(19)15-6-5-7-16(12-15)14-8-10-17(11-9-14)18(2,3)4;1-17(2,3)16-10-8-15(9-11-16)14-6-4-13(12-18)5-7-14;1-17(2,3)16-9-7-14(8-10-16)15-6-4-5-13(11-15)12-18;1-16(2,3)14-6-4-5-13(11-14)12-7-9-15(17)10-8-12;1-15(2,3)14-6-4-12(5-7-14)13-8-10-16-11-9-13;1-14(2,3)12-7-5-6-11(10-12)13-8-9-15-16(13)4/h6-13,20H,1-5H3;6-13,18,20H,5H2,1-4H3;5-13,19H,1-4H3;2*4-11,18H,12H2,1-3H3;4-11H,1-3H3;4-11H,1-3H3;5-10H,1-4H3. The molecular formula is C135H162FN3O5. The van der Waals surface area contributed by atoms with Gasteiger partial charge in [0.2, 0.25) is 0 Å². The number of aryl methyl sites for hydroxylation is 1. The summed E-state index contributed by atoms with van der Waals surface area (Å²) in [6, 6.07) is 122. The fraction of sp³-hybridized carbons (Fsp3) is 0.319. The SMILES string of the molecule is CC(C)(C)c1ccc(-c2ccc(CO)cc2)cc1.CC(C)(C)c1ccc(-c2cccc(C(C)(C)O)c2)cc1.CC(C)(C)c1ccc(-c2cccc(CO)c2)cc1.CC(C)(C)c1ccc(-c2ccncc2)cc1.CC(C)(C)c1cccc(-c2ccc(F)cc2)c1.CC(O)c1cccc(-c2ccc(C(C)(C)C)cc2)c1.CCC(O)c1cccc(-c2cccc(C(C)(C)C)c2)c1.Cn1nccc1-c1cccc(C(C)(C)C)c1. The molecule has 0 aliphatic carbocycles. The molecule has 754 valence electrons. The molecule has 144 heavy (non-hydrogen) atoms. The molecule has 2 atom stereocenters. The van der Waals surface area contributed by atoms with Crippen molar-refractivity contribution in [3.05, 3.63) is 455 Å². The van der Waals surface area contributed by atoms with E-state index in [0.717, 1.165) is 67.7 Å². The Balaban J connectivity index is 0.000000184. The molecule has 2 aromatic heterocycles. The molecule has 2 unspecified atom stereocenters. The number of pyridine rings is 1. The lowest BCUT2D eigenvalue weighted by Crippen LogP contribution is -2.15. The van der Waals surface area contributed by atoms with Crippen LogP contribution < -0.4 is 0 Å². The molecule has 0 fully saturated rings. The van der Waals surface area contributed by atoms with Gasteiger partial charge in [-0.1, -0.05) is 470 Å². The second kappa shape index (κ2) is 50.6. The van der Waals surface area contributed by atoms with E-state index in [9.17, 15) is 19.7 Å². The fourth-order valence-corrected chi connectivity index (χ4v) is 16.0. The fourth-order valence-electron chi connectivity index (χ4n) is 16.0. The zero-order valence-corrected chi connectivity index (χ0v) is 91.5. The molecular weight excluding hydrogens is 1760 g/mol. The zero-order chi connectivity index (χ0) is 106. The van der Waals surface area contributed by atoms with Gasteiger partial charge >= 0.3 is 0 Å². The number of nitrogens with zero attached hydrogens (tertiary/aromatic N) is 3. The summed E-state index contributed by atoms with van der Waals surface area (Å²) in [5.74, 6) is -0.194. The summed E-state index contributed by atoms with van der Waals surface area (Å²) < 4.78 is 14.8. The topological polar surface area (TPSA) is 132 Å². The Morgan fingerprint density at radius 2 is 0.514 bits per heavy atom. The molecule has 8 nitrogen and oxygen atoms in total. The van der Waals surface area contributed by atoms with Gasteiger partial charge in [-0.15, -0.1) is 0 Å². The number of rotatable bonds is 14. The minimum Gasteiger partial charge on any atom is -0.392 e. The second-order valence-corrected chi connectivity index (χ2v) is 46.4. The first-order valence-corrected chi connectivity index (χ1v) is 50.8. The van der Waals surface area contributed by atoms with E-state index in [2.05, 4.69) is 425 Å². The highest BCUT2D eigenvalue weighted by atomic mass is 19.1. The predicted octanol–water partition coefficient (Wildman–Crippen LogP) is 35.2. The van der Waals surface area contributed by atoms with Crippen LogP contribution in [0, 0.1) is 5.82 Å². The van der Waals surface area contributed by atoms with Gasteiger partial charge in [-0.2, -0.15) is 5.10 Å². The highest BCUT2D eigenvalue weighted by molar-refractivity contribution is 5.71. The van der Waals surface area contributed by atoms with Gasteiger partial charge in [-0.05, 0) is 281 Å². The normalized spacial score (nSPS) is 12.2. The van der Waals surface area contributed by atoms with Crippen molar-refractivity contribution in [2.24, 2.45) is 7.05 Å². The number of hydrogen-bond donors (Lipinski definition) is 5. The number of aromatic nitrogens is 3. The molecule has 14 aromatic carbocycles. The summed E-state index contributed by atoms with van der Waals surface area (Å²) in [6.45, 7) is 60.9. The van der Waals surface area contributed by atoms with Crippen molar-refractivity contribution in [2.45, 2.75) is 275 Å². The molecule has 0 amide bonds. The summed E-state index contributed by atoms with van der Waals surface area (Å²) in [7, 11) is 1.97. The largest absolute Gasteiger partial charge is 0.392 e. The Labute approximate surface area is 864 Å². The molecule has 0 aliphatic rings. The highest BCUT2D eigenvalue weighted by Gasteiger charge is 2.23. The summed E-state index contributed by atoms with van der Waals surface area (Å²) in [5, 5.41) is 52.1. The van der Waals surface area contributed by atoms with Crippen LogP contribution in [0.15, 0.2) is 377 Å². The van der Waals surface area contributed by atoms with Gasteiger partial charge in [-0.25, -0.2) is 4.39 Å². The van der Waals surface area contributed by atoms with Crippen molar-refractivity contribution in [1.82, 2.24) is 14.8 Å².